The third kappa shape index (κ3) is 3.77. The van der Waals surface area contributed by atoms with E-state index in [1.807, 2.05) is 0 Å². The summed E-state index contributed by atoms with van der Waals surface area (Å²) in [5.41, 5.74) is 0.831. The first-order chi connectivity index (χ1) is 11.5. The molecule has 1 aromatic heterocycles. The summed E-state index contributed by atoms with van der Waals surface area (Å²) >= 11 is 1.14. The molecule has 8 heteroatoms. The minimum absolute atomic E-state index is 0.153. The zero-order valence-electron chi connectivity index (χ0n) is 13.0. The first kappa shape index (κ1) is 16.5. The molecule has 126 valence electrons. The fourth-order valence-electron chi connectivity index (χ4n) is 2.45. The Balaban J connectivity index is 1.69. The lowest BCUT2D eigenvalue weighted by atomic mass is 10.1. The number of nitrogens with one attached hydrogen (secondary N) is 1. The molecule has 24 heavy (non-hydrogen) atoms. The number of amides is 2. The molecule has 1 aliphatic rings. The molecule has 2 aromatic rings. The summed E-state index contributed by atoms with van der Waals surface area (Å²) in [7, 11) is 0. The van der Waals surface area contributed by atoms with Crippen LogP contribution in [0.5, 0.6) is 0 Å². The van der Waals surface area contributed by atoms with Gasteiger partial charge in [0.25, 0.3) is 5.91 Å². The number of benzene rings is 1. The second-order valence-corrected chi connectivity index (χ2v) is 6.40. The fourth-order valence-corrected chi connectivity index (χ4v) is 3.28. The molecule has 1 saturated heterocycles. The summed E-state index contributed by atoms with van der Waals surface area (Å²) in [6.07, 6.45) is 1.17. The predicted octanol–water partition coefficient (Wildman–Crippen LogP) is 2.45. The SMILES string of the molecule is CC(=O)Nc1ncc(C(=O)N2CCO[C@@H](c3ccc(F)cc3)C2)s1. The monoisotopic (exact) mass is 349 g/mol. The first-order valence-electron chi connectivity index (χ1n) is 7.42. The van der Waals surface area contributed by atoms with Crippen molar-refractivity contribution in [2.75, 3.05) is 25.0 Å². The normalized spacial score (nSPS) is 17.6. The van der Waals surface area contributed by atoms with E-state index in [4.69, 9.17) is 4.74 Å². The van der Waals surface area contributed by atoms with Gasteiger partial charge in [-0.25, -0.2) is 9.37 Å². The van der Waals surface area contributed by atoms with E-state index in [0.29, 0.717) is 29.7 Å². The highest BCUT2D eigenvalue weighted by Crippen LogP contribution is 2.25. The molecule has 3 rings (SSSR count). The van der Waals surface area contributed by atoms with E-state index in [-0.39, 0.29) is 23.7 Å². The van der Waals surface area contributed by atoms with E-state index in [9.17, 15) is 14.0 Å². The van der Waals surface area contributed by atoms with Crippen molar-refractivity contribution in [1.82, 2.24) is 9.88 Å². The fraction of sp³-hybridized carbons (Fsp3) is 0.312. The molecule has 2 heterocycles. The number of carbonyl (C=O) groups excluding carboxylic acids is 2. The second-order valence-electron chi connectivity index (χ2n) is 5.37. The highest BCUT2D eigenvalue weighted by atomic mass is 32.1. The Morgan fingerprint density at radius 1 is 1.38 bits per heavy atom. The number of anilines is 1. The van der Waals surface area contributed by atoms with Crippen LogP contribution in [0.3, 0.4) is 0 Å². The summed E-state index contributed by atoms with van der Waals surface area (Å²) in [5.74, 6) is -0.691. The Morgan fingerprint density at radius 2 is 2.12 bits per heavy atom. The Labute approximate surface area is 142 Å². The molecule has 6 nitrogen and oxygen atoms in total. The standard InChI is InChI=1S/C16H16FN3O3S/c1-10(21)19-16-18-8-14(24-16)15(22)20-6-7-23-13(9-20)11-2-4-12(17)5-3-11/h2-5,8,13H,6-7,9H2,1H3,(H,18,19,21)/t13-/m1/s1. The van der Waals surface area contributed by atoms with Crippen LogP contribution < -0.4 is 5.32 Å². The number of carbonyl (C=O) groups is 2. The average Bonchev–Trinajstić information content (AvgIpc) is 3.02. The number of aromatic nitrogens is 1. The first-order valence-corrected chi connectivity index (χ1v) is 8.24. The molecule has 1 atom stereocenters. The van der Waals surface area contributed by atoms with E-state index >= 15 is 0 Å². The van der Waals surface area contributed by atoms with Gasteiger partial charge in [0.2, 0.25) is 5.91 Å². The Morgan fingerprint density at radius 3 is 2.83 bits per heavy atom. The smallest absolute Gasteiger partial charge is 0.265 e. The molecule has 1 fully saturated rings. The van der Waals surface area contributed by atoms with Gasteiger partial charge < -0.3 is 15.0 Å². The molecular formula is C16H16FN3O3S. The highest BCUT2D eigenvalue weighted by Gasteiger charge is 2.27. The van der Waals surface area contributed by atoms with Crippen LogP contribution in [0.4, 0.5) is 9.52 Å². The van der Waals surface area contributed by atoms with Gasteiger partial charge in [-0.05, 0) is 17.7 Å². The molecule has 1 N–H and O–H groups in total. The molecule has 0 unspecified atom stereocenters. The number of hydrogen-bond acceptors (Lipinski definition) is 5. The van der Waals surface area contributed by atoms with Gasteiger partial charge in [-0.1, -0.05) is 23.5 Å². The van der Waals surface area contributed by atoms with Crippen molar-refractivity contribution in [2.24, 2.45) is 0 Å². The molecule has 0 saturated carbocycles. The van der Waals surface area contributed by atoms with Crippen molar-refractivity contribution >= 4 is 28.3 Å². The molecule has 0 radical (unpaired) electrons. The lowest BCUT2D eigenvalue weighted by Crippen LogP contribution is -2.42. The number of morpholine rings is 1. The molecule has 1 aromatic carbocycles. The lowest BCUT2D eigenvalue weighted by molar-refractivity contribution is -0.114. The van der Waals surface area contributed by atoms with E-state index in [1.165, 1.54) is 25.3 Å². The molecule has 0 bridgehead atoms. The predicted molar refractivity (Wildman–Crippen MR) is 87.4 cm³/mol. The number of rotatable bonds is 3. The third-order valence-corrected chi connectivity index (χ3v) is 4.50. The second kappa shape index (κ2) is 7.06. The van der Waals surface area contributed by atoms with Gasteiger partial charge in [-0.15, -0.1) is 0 Å². The zero-order valence-corrected chi connectivity index (χ0v) is 13.8. The van der Waals surface area contributed by atoms with Gasteiger partial charge in [0.05, 0.1) is 19.3 Å². The molecule has 1 aliphatic heterocycles. The largest absolute Gasteiger partial charge is 0.370 e. The Kier molecular flexibility index (Phi) is 4.86. The van der Waals surface area contributed by atoms with E-state index in [2.05, 4.69) is 10.3 Å². The zero-order chi connectivity index (χ0) is 17.1. The van der Waals surface area contributed by atoms with Crippen LogP contribution >= 0.6 is 11.3 Å². The maximum absolute atomic E-state index is 13.0. The molecule has 0 aliphatic carbocycles. The van der Waals surface area contributed by atoms with Gasteiger partial charge in [0.15, 0.2) is 5.13 Å². The van der Waals surface area contributed by atoms with Crippen LogP contribution in [0, 0.1) is 5.82 Å². The van der Waals surface area contributed by atoms with Crippen LogP contribution in [0.1, 0.15) is 28.3 Å². The molecular weight excluding hydrogens is 333 g/mol. The van der Waals surface area contributed by atoms with E-state index in [0.717, 1.165) is 16.9 Å². The number of nitrogens with zero attached hydrogens (tertiary/aromatic N) is 2. The number of hydrogen-bond donors (Lipinski definition) is 1. The summed E-state index contributed by atoms with van der Waals surface area (Å²) in [5, 5.41) is 2.96. The van der Waals surface area contributed by atoms with Crippen LogP contribution in [0.25, 0.3) is 0 Å². The molecule has 2 amide bonds. The maximum Gasteiger partial charge on any atom is 0.265 e. The van der Waals surface area contributed by atoms with Gasteiger partial charge in [-0.3, -0.25) is 9.59 Å². The van der Waals surface area contributed by atoms with Crippen molar-refractivity contribution in [3.8, 4) is 0 Å². The minimum Gasteiger partial charge on any atom is -0.370 e. The average molecular weight is 349 g/mol. The van der Waals surface area contributed by atoms with Crippen molar-refractivity contribution in [1.29, 1.82) is 0 Å². The van der Waals surface area contributed by atoms with Crippen molar-refractivity contribution in [2.45, 2.75) is 13.0 Å². The van der Waals surface area contributed by atoms with Crippen molar-refractivity contribution < 1.29 is 18.7 Å². The summed E-state index contributed by atoms with van der Waals surface area (Å²) in [6, 6.07) is 6.08. The highest BCUT2D eigenvalue weighted by molar-refractivity contribution is 7.17. The van der Waals surface area contributed by atoms with E-state index < -0.39 is 0 Å². The van der Waals surface area contributed by atoms with Gasteiger partial charge in [0, 0.05) is 13.5 Å². The van der Waals surface area contributed by atoms with Gasteiger partial charge >= 0.3 is 0 Å². The summed E-state index contributed by atoms with van der Waals surface area (Å²) in [6.45, 7) is 2.66. The van der Waals surface area contributed by atoms with Crippen LogP contribution in [0.15, 0.2) is 30.5 Å². The molecule has 0 spiro atoms. The maximum atomic E-state index is 13.0. The lowest BCUT2D eigenvalue weighted by Gasteiger charge is -2.32. The van der Waals surface area contributed by atoms with Crippen LogP contribution in [0.2, 0.25) is 0 Å². The van der Waals surface area contributed by atoms with Gasteiger partial charge in [-0.2, -0.15) is 0 Å². The van der Waals surface area contributed by atoms with Crippen molar-refractivity contribution in [3.05, 3.63) is 46.7 Å². The van der Waals surface area contributed by atoms with Crippen LogP contribution in [-0.4, -0.2) is 41.4 Å². The van der Waals surface area contributed by atoms with E-state index in [1.54, 1.807) is 17.0 Å². The Hall–Kier alpha value is -2.32. The summed E-state index contributed by atoms with van der Waals surface area (Å²) < 4.78 is 18.7. The Bertz CT molecular complexity index is 747. The number of ether oxygens (including phenoxy) is 1. The minimum atomic E-state index is -0.308. The quantitative estimate of drug-likeness (QED) is 0.924. The van der Waals surface area contributed by atoms with Crippen LogP contribution in [-0.2, 0) is 9.53 Å². The van der Waals surface area contributed by atoms with Gasteiger partial charge in [0.1, 0.15) is 16.8 Å². The van der Waals surface area contributed by atoms with Crippen molar-refractivity contribution in [3.63, 3.8) is 0 Å². The number of halogens is 1. The third-order valence-electron chi connectivity index (χ3n) is 3.59. The topological polar surface area (TPSA) is 71.5 Å². The number of thiazole rings is 1. The summed E-state index contributed by atoms with van der Waals surface area (Å²) in [4.78, 5) is 29.8.